The van der Waals surface area contributed by atoms with Crippen molar-refractivity contribution in [2.45, 2.75) is 44.7 Å². The number of nitrogens with zero attached hydrogens (tertiary/aromatic N) is 1. The normalized spacial score (nSPS) is 33.9. The molecule has 114 valence electrons. The molecule has 6 heteroatoms. The van der Waals surface area contributed by atoms with E-state index in [-0.39, 0.29) is 30.5 Å². The fourth-order valence-corrected chi connectivity index (χ4v) is 3.32. The van der Waals surface area contributed by atoms with Gasteiger partial charge in [0, 0.05) is 12.6 Å². The molecule has 0 aromatic heterocycles. The van der Waals surface area contributed by atoms with Crippen LogP contribution < -0.4 is 5.73 Å². The molecule has 3 N–H and O–H groups in total. The van der Waals surface area contributed by atoms with E-state index in [0.29, 0.717) is 13.2 Å². The van der Waals surface area contributed by atoms with Crippen LogP contribution in [0.3, 0.4) is 0 Å². The predicted molar refractivity (Wildman–Crippen MR) is 73.1 cm³/mol. The third-order valence-corrected chi connectivity index (χ3v) is 4.53. The highest BCUT2D eigenvalue weighted by Crippen LogP contribution is 2.28. The Morgan fingerprint density at radius 3 is 2.55 bits per heavy atom. The van der Waals surface area contributed by atoms with E-state index in [2.05, 4.69) is 0 Å². The molecule has 0 aromatic rings. The van der Waals surface area contributed by atoms with Gasteiger partial charge in [0.2, 0.25) is 5.91 Å². The molecule has 2 fully saturated rings. The molecular weight excluding hydrogens is 260 g/mol. The molecular formula is C14H24N2O4. The number of hydrogen-bond donors (Lipinski definition) is 2. The second-order valence-electron chi connectivity index (χ2n) is 5.73. The van der Waals surface area contributed by atoms with Crippen LogP contribution in [-0.2, 0) is 14.3 Å². The second kappa shape index (κ2) is 6.54. The highest BCUT2D eigenvalue weighted by atomic mass is 16.5. The van der Waals surface area contributed by atoms with Gasteiger partial charge in [-0.2, -0.15) is 0 Å². The largest absolute Gasteiger partial charge is 0.481 e. The number of rotatable bonds is 4. The van der Waals surface area contributed by atoms with Gasteiger partial charge in [0.15, 0.2) is 0 Å². The number of carboxylic acids is 1. The van der Waals surface area contributed by atoms with Crippen molar-refractivity contribution in [2.24, 2.45) is 17.6 Å². The Kier molecular flexibility index (Phi) is 4.99. The van der Waals surface area contributed by atoms with Gasteiger partial charge in [0.25, 0.3) is 0 Å². The van der Waals surface area contributed by atoms with Crippen molar-refractivity contribution in [3.05, 3.63) is 0 Å². The lowest BCUT2D eigenvalue weighted by atomic mass is 9.83. The average molecular weight is 284 g/mol. The molecule has 0 spiro atoms. The Balaban J connectivity index is 2.10. The Hall–Kier alpha value is -1.14. The molecule has 1 aliphatic heterocycles. The van der Waals surface area contributed by atoms with Gasteiger partial charge >= 0.3 is 5.97 Å². The summed E-state index contributed by atoms with van der Waals surface area (Å²) < 4.78 is 5.27. The summed E-state index contributed by atoms with van der Waals surface area (Å²) in [5.41, 5.74) is 6.07. The maximum absolute atomic E-state index is 12.7. The maximum Gasteiger partial charge on any atom is 0.311 e. The fourth-order valence-electron chi connectivity index (χ4n) is 3.32. The number of carboxylic acid groups (broad SMARTS) is 1. The van der Waals surface area contributed by atoms with E-state index >= 15 is 0 Å². The summed E-state index contributed by atoms with van der Waals surface area (Å²) in [6.07, 6.45) is 3.77. The summed E-state index contributed by atoms with van der Waals surface area (Å²) >= 11 is 0. The molecule has 4 unspecified atom stereocenters. The first-order valence-corrected chi connectivity index (χ1v) is 7.42. The third kappa shape index (κ3) is 2.96. The molecule has 0 radical (unpaired) electrons. The van der Waals surface area contributed by atoms with Crippen molar-refractivity contribution in [3.63, 3.8) is 0 Å². The van der Waals surface area contributed by atoms with E-state index in [9.17, 15) is 14.7 Å². The summed E-state index contributed by atoms with van der Waals surface area (Å²) in [5.74, 6) is -1.69. The lowest BCUT2D eigenvalue weighted by Gasteiger charge is -2.36. The standard InChI is InChI=1S/C14H24N2O4/c1-2-16(12-8-20-7-10(12)14(18)19)13(17)9-5-3-4-6-11(9)15/h9-12H,2-8,15H2,1H3,(H,18,19). The SMILES string of the molecule is CCN(C(=O)C1CCCCC1N)C1COCC1C(=O)O. The first kappa shape index (κ1) is 15.3. The highest BCUT2D eigenvalue weighted by molar-refractivity contribution is 5.81. The van der Waals surface area contributed by atoms with Crippen molar-refractivity contribution in [1.82, 2.24) is 4.90 Å². The fraction of sp³-hybridized carbons (Fsp3) is 0.857. The lowest BCUT2D eigenvalue weighted by Crippen LogP contribution is -2.52. The van der Waals surface area contributed by atoms with Crippen molar-refractivity contribution in [2.75, 3.05) is 19.8 Å². The zero-order valence-corrected chi connectivity index (χ0v) is 12.0. The smallest absolute Gasteiger partial charge is 0.311 e. The van der Waals surface area contributed by atoms with E-state index in [1.807, 2.05) is 6.92 Å². The molecule has 2 rings (SSSR count). The molecule has 1 saturated carbocycles. The number of likely N-dealkylation sites (N-methyl/N-ethyl adjacent to an activating group) is 1. The van der Waals surface area contributed by atoms with Crippen molar-refractivity contribution in [3.8, 4) is 0 Å². The second-order valence-corrected chi connectivity index (χ2v) is 5.73. The Bertz CT molecular complexity index is 374. The third-order valence-electron chi connectivity index (χ3n) is 4.53. The number of carbonyl (C=O) groups excluding carboxylic acids is 1. The van der Waals surface area contributed by atoms with E-state index in [0.717, 1.165) is 25.7 Å². The zero-order chi connectivity index (χ0) is 14.7. The summed E-state index contributed by atoms with van der Waals surface area (Å²) in [6, 6.07) is -0.463. The first-order chi connectivity index (χ1) is 9.56. The van der Waals surface area contributed by atoms with E-state index < -0.39 is 11.9 Å². The lowest BCUT2D eigenvalue weighted by molar-refractivity contribution is -0.146. The molecule has 1 aliphatic carbocycles. The van der Waals surface area contributed by atoms with E-state index in [1.165, 1.54) is 0 Å². The Morgan fingerprint density at radius 2 is 1.95 bits per heavy atom. The van der Waals surface area contributed by atoms with Crippen LogP contribution in [0.4, 0.5) is 0 Å². The summed E-state index contributed by atoms with van der Waals surface area (Å²) in [5, 5.41) is 9.23. The van der Waals surface area contributed by atoms with Crippen LogP contribution in [0.2, 0.25) is 0 Å². The van der Waals surface area contributed by atoms with Crippen LogP contribution in [0.5, 0.6) is 0 Å². The number of amides is 1. The minimum absolute atomic E-state index is 0.00134. The van der Waals surface area contributed by atoms with Crippen molar-refractivity contribution in [1.29, 1.82) is 0 Å². The maximum atomic E-state index is 12.7. The van der Waals surface area contributed by atoms with Crippen LogP contribution in [0, 0.1) is 11.8 Å². The predicted octanol–water partition coefficient (Wildman–Crippen LogP) is 0.452. The van der Waals surface area contributed by atoms with Gasteiger partial charge in [0.1, 0.15) is 5.92 Å². The zero-order valence-electron chi connectivity index (χ0n) is 12.0. The monoisotopic (exact) mass is 284 g/mol. The Labute approximate surface area is 119 Å². The van der Waals surface area contributed by atoms with Gasteiger partial charge in [-0.25, -0.2) is 0 Å². The number of aliphatic carboxylic acids is 1. The van der Waals surface area contributed by atoms with E-state index in [1.54, 1.807) is 4.90 Å². The van der Waals surface area contributed by atoms with Gasteiger partial charge < -0.3 is 20.5 Å². The van der Waals surface area contributed by atoms with Gasteiger partial charge in [-0.15, -0.1) is 0 Å². The number of carbonyl (C=O) groups is 2. The van der Waals surface area contributed by atoms with Crippen LogP contribution in [0.15, 0.2) is 0 Å². The van der Waals surface area contributed by atoms with Gasteiger partial charge in [-0.3, -0.25) is 9.59 Å². The molecule has 1 saturated heterocycles. The van der Waals surface area contributed by atoms with Crippen LogP contribution in [0.25, 0.3) is 0 Å². The minimum atomic E-state index is -0.897. The van der Waals surface area contributed by atoms with Gasteiger partial charge in [0.05, 0.1) is 25.2 Å². The van der Waals surface area contributed by atoms with Crippen LogP contribution in [-0.4, -0.2) is 53.7 Å². The van der Waals surface area contributed by atoms with Gasteiger partial charge in [-0.1, -0.05) is 12.8 Å². The Morgan fingerprint density at radius 1 is 1.25 bits per heavy atom. The molecule has 20 heavy (non-hydrogen) atoms. The number of nitrogens with two attached hydrogens (primary N) is 1. The average Bonchev–Trinajstić information content (AvgIpc) is 2.89. The topological polar surface area (TPSA) is 92.9 Å². The number of hydrogen-bond acceptors (Lipinski definition) is 4. The molecule has 4 atom stereocenters. The summed E-state index contributed by atoms with van der Waals surface area (Å²) in [7, 11) is 0. The van der Waals surface area contributed by atoms with Crippen LogP contribution >= 0.6 is 0 Å². The van der Waals surface area contributed by atoms with Crippen LogP contribution in [0.1, 0.15) is 32.6 Å². The molecule has 1 amide bonds. The minimum Gasteiger partial charge on any atom is -0.481 e. The van der Waals surface area contributed by atoms with E-state index in [4.69, 9.17) is 10.5 Å². The molecule has 0 aromatic carbocycles. The molecule has 0 bridgehead atoms. The highest BCUT2D eigenvalue weighted by Gasteiger charge is 2.42. The molecule has 2 aliphatic rings. The summed E-state index contributed by atoms with van der Waals surface area (Å²) in [6.45, 7) is 2.86. The van der Waals surface area contributed by atoms with Crippen molar-refractivity contribution >= 4 is 11.9 Å². The molecule has 6 nitrogen and oxygen atoms in total. The van der Waals surface area contributed by atoms with Gasteiger partial charge in [-0.05, 0) is 19.8 Å². The number of ether oxygens (including phenoxy) is 1. The quantitative estimate of drug-likeness (QED) is 0.782. The summed E-state index contributed by atoms with van der Waals surface area (Å²) in [4.78, 5) is 25.6. The first-order valence-electron chi connectivity index (χ1n) is 7.42. The van der Waals surface area contributed by atoms with Crippen molar-refractivity contribution < 1.29 is 19.4 Å². The molecule has 1 heterocycles.